The first kappa shape index (κ1) is 29.1. The molecule has 0 saturated heterocycles. The van der Waals surface area contributed by atoms with E-state index in [9.17, 15) is 18.8 Å². The van der Waals surface area contributed by atoms with Gasteiger partial charge in [-0.25, -0.2) is 18.1 Å². The molecular weight excluding hydrogens is 562 g/mol. The molecule has 2 heterocycles. The van der Waals surface area contributed by atoms with Gasteiger partial charge in [-0.2, -0.15) is 0 Å². The van der Waals surface area contributed by atoms with Crippen molar-refractivity contribution < 1.29 is 27.8 Å². The van der Waals surface area contributed by atoms with Crippen LogP contribution < -0.4 is 35.7 Å². The zero-order valence-electron chi connectivity index (χ0n) is 23.8. The first-order valence-electron chi connectivity index (χ1n) is 13.2. The molecule has 0 bridgehead atoms. The third kappa shape index (κ3) is 5.46. The maximum absolute atomic E-state index is 15.3. The number of anilines is 2. The number of carbonyl (C=O) groups is 1. The van der Waals surface area contributed by atoms with Gasteiger partial charge in [-0.05, 0) is 55.5 Å². The summed E-state index contributed by atoms with van der Waals surface area (Å²) in [4.78, 5) is 40.9. The van der Waals surface area contributed by atoms with Crippen molar-refractivity contribution in [2.75, 3.05) is 38.0 Å². The lowest BCUT2D eigenvalue weighted by Crippen LogP contribution is -2.43. The number of aryl methyl sites for hydroxylation is 1. The number of hydrogen-bond donors (Lipinski definition) is 1. The van der Waals surface area contributed by atoms with Crippen molar-refractivity contribution in [1.29, 1.82) is 0 Å². The van der Waals surface area contributed by atoms with E-state index in [1.165, 1.54) is 56.3 Å². The van der Waals surface area contributed by atoms with E-state index in [0.717, 1.165) is 33.4 Å². The van der Waals surface area contributed by atoms with Crippen molar-refractivity contribution in [3.8, 4) is 22.9 Å². The maximum Gasteiger partial charge on any atom is 0.335 e. The molecule has 0 saturated carbocycles. The van der Waals surface area contributed by atoms with Gasteiger partial charge in [0.25, 0.3) is 11.5 Å². The summed E-state index contributed by atoms with van der Waals surface area (Å²) < 4.78 is 47.5. The molecule has 43 heavy (non-hydrogen) atoms. The van der Waals surface area contributed by atoms with Crippen molar-refractivity contribution in [1.82, 2.24) is 9.13 Å². The van der Waals surface area contributed by atoms with Crippen LogP contribution in [0.1, 0.15) is 22.8 Å². The molecule has 0 spiro atoms. The lowest BCUT2D eigenvalue weighted by molar-refractivity contribution is 0.0990. The molecule has 0 fully saturated rings. The van der Waals surface area contributed by atoms with E-state index in [1.807, 2.05) is 0 Å². The lowest BCUT2D eigenvalue weighted by Gasteiger charge is -2.22. The zero-order chi connectivity index (χ0) is 30.8. The number of nitrogens with zero attached hydrogens (tertiary/aromatic N) is 3. The highest BCUT2D eigenvalue weighted by atomic mass is 19.1. The second-order valence-corrected chi connectivity index (χ2v) is 9.51. The number of ether oxygens (including phenoxy) is 3. The Balaban J connectivity index is 1.44. The number of amides is 1. The Morgan fingerprint density at radius 3 is 2.33 bits per heavy atom. The van der Waals surface area contributed by atoms with Crippen LogP contribution in [-0.2, 0) is 6.54 Å². The fourth-order valence-corrected chi connectivity index (χ4v) is 4.68. The molecule has 12 heteroatoms. The van der Waals surface area contributed by atoms with Gasteiger partial charge in [0.15, 0.2) is 23.1 Å². The van der Waals surface area contributed by atoms with Gasteiger partial charge < -0.3 is 24.4 Å². The van der Waals surface area contributed by atoms with E-state index in [1.54, 1.807) is 25.1 Å². The molecule has 1 aliphatic heterocycles. The maximum atomic E-state index is 15.3. The van der Waals surface area contributed by atoms with Crippen molar-refractivity contribution in [3.05, 3.63) is 110 Å². The van der Waals surface area contributed by atoms with Gasteiger partial charge in [-0.3, -0.25) is 14.2 Å². The molecule has 1 amide bonds. The van der Waals surface area contributed by atoms with Gasteiger partial charge in [-0.1, -0.05) is 0 Å². The SMILES string of the molecule is CCn1cc(C(=O)N(C)c2ccc(OC3=CCNc4cc(OC)c(OC)cc43)c(F)c2)c(=O)n(-c2ccc(F)cc2)c1=O. The highest BCUT2D eigenvalue weighted by Gasteiger charge is 2.24. The van der Waals surface area contributed by atoms with E-state index in [4.69, 9.17) is 14.2 Å². The monoisotopic (exact) mass is 590 g/mol. The summed E-state index contributed by atoms with van der Waals surface area (Å²) in [5.74, 6) is -0.756. The summed E-state index contributed by atoms with van der Waals surface area (Å²) in [6.45, 7) is 2.28. The number of methoxy groups -OCH3 is 2. The number of rotatable bonds is 8. The minimum atomic E-state index is -0.887. The van der Waals surface area contributed by atoms with Gasteiger partial charge in [-0.15, -0.1) is 0 Å². The predicted octanol–water partition coefficient (Wildman–Crippen LogP) is 4.44. The van der Waals surface area contributed by atoms with Gasteiger partial charge >= 0.3 is 5.69 Å². The predicted molar refractivity (Wildman–Crippen MR) is 158 cm³/mol. The molecule has 222 valence electrons. The molecule has 1 aromatic heterocycles. The van der Waals surface area contributed by atoms with Crippen molar-refractivity contribution in [2.45, 2.75) is 13.5 Å². The molecule has 3 aromatic carbocycles. The fraction of sp³-hybridized carbons (Fsp3) is 0.194. The van der Waals surface area contributed by atoms with E-state index in [2.05, 4.69) is 5.32 Å². The summed E-state index contributed by atoms with van der Waals surface area (Å²) in [5.41, 5.74) is -0.288. The highest BCUT2D eigenvalue weighted by Crippen LogP contribution is 2.39. The van der Waals surface area contributed by atoms with E-state index in [-0.39, 0.29) is 29.2 Å². The average Bonchev–Trinajstić information content (AvgIpc) is 3.01. The standard InChI is InChI=1S/C31H28F2N4O6/c1-5-36-17-22(30(39)37(31(36)40)19-8-6-18(32)7-9-19)29(38)35(2)20-10-11-26(23(33)14-20)43-25-12-13-34-24-16-28(42-4)27(41-3)15-21(24)25/h6-12,14-17,34H,5,13H2,1-4H3. The number of aromatic nitrogens is 2. The molecule has 0 radical (unpaired) electrons. The third-order valence-corrected chi connectivity index (χ3v) is 7.01. The Hall–Kier alpha value is -5.39. The van der Waals surface area contributed by atoms with Crippen LogP contribution in [0, 0.1) is 11.6 Å². The molecule has 5 rings (SSSR count). The van der Waals surface area contributed by atoms with Gasteiger partial charge in [0.05, 0.1) is 19.9 Å². The van der Waals surface area contributed by atoms with Crippen LogP contribution in [0.15, 0.2) is 76.5 Å². The summed E-state index contributed by atoms with van der Waals surface area (Å²) in [5, 5.41) is 3.21. The number of carbonyl (C=O) groups excluding carboxylic acids is 1. The molecule has 0 aliphatic carbocycles. The van der Waals surface area contributed by atoms with Crippen LogP contribution in [-0.4, -0.2) is 42.9 Å². The summed E-state index contributed by atoms with van der Waals surface area (Å²) in [6.07, 6.45) is 2.92. The summed E-state index contributed by atoms with van der Waals surface area (Å²) in [6, 6.07) is 12.2. The second kappa shape index (κ2) is 11.8. The molecule has 0 unspecified atom stereocenters. The van der Waals surface area contributed by atoms with E-state index < -0.39 is 28.8 Å². The Kier molecular flexibility index (Phi) is 8.02. The van der Waals surface area contributed by atoms with Gasteiger partial charge in [0, 0.05) is 55.4 Å². The quantitative estimate of drug-likeness (QED) is 0.324. The molecule has 0 atom stereocenters. The average molecular weight is 591 g/mol. The smallest absolute Gasteiger partial charge is 0.335 e. The topological polar surface area (TPSA) is 104 Å². The molecule has 1 N–H and O–H groups in total. The zero-order valence-corrected chi connectivity index (χ0v) is 23.8. The largest absolute Gasteiger partial charge is 0.493 e. The third-order valence-electron chi connectivity index (χ3n) is 7.01. The summed E-state index contributed by atoms with van der Waals surface area (Å²) in [7, 11) is 4.42. The van der Waals surface area contributed by atoms with Gasteiger partial charge in [0.1, 0.15) is 17.1 Å². The minimum Gasteiger partial charge on any atom is -0.493 e. The Bertz CT molecular complexity index is 1860. The van der Waals surface area contributed by atoms with Crippen LogP contribution in [0.5, 0.6) is 17.2 Å². The number of halogens is 2. The van der Waals surface area contributed by atoms with E-state index >= 15 is 4.39 Å². The molecular formula is C31H28F2N4O6. The first-order chi connectivity index (χ1) is 20.7. The van der Waals surface area contributed by atoms with Crippen LogP contribution in [0.25, 0.3) is 11.4 Å². The Morgan fingerprint density at radius 1 is 0.977 bits per heavy atom. The fourth-order valence-electron chi connectivity index (χ4n) is 4.68. The number of hydrogen-bond acceptors (Lipinski definition) is 7. The van der Waals surface area contributed by atoms with Crippen LogP contribution in [0.3, 0.4) is 0 Å². The van der Waals surface area contributed by atoms with Crippen LogP contribution >= 0.6 is 0 Å². The second-order valence-electron chi connectivity index (χ2n) is 9.51. The number of nitrogens with one attached hydrogen (secondary N) is 1. The first-order valence-corrected chi connectivity index (χ1v) is 13.2. The molecule has 4 aromatic rings. The molecule has 10 nitrogen and oxygen atoms in total. The summed E-state index contributed by atoms with van der Waals surface area (Å²) >= 11 is 0. The van der Waals surface area contributed by atoms with Crippen LogP contribution in [0.4, 0.5) is 20.2 Å². The van der Waals surface area contributed by atoms with Crippen molar-refractivity contribution in [2.24, 2.45) is 0 Å². The molecule has 1 aliphatic rings. The van der Waals surface area contributed by atoms with E-state index in [0.29, 0.717) is 29.4 Å². The van der Waals surface area contributed by atoms with Crippen LogP contribution in [0.2, 0.25) is 0 Å². The lowest BCUT2D eigenvalue weighted by atomic mass is 10.1. The van der Waals surface area contributed by atoms with Crippen molar-refractivity contribution in [3.63, 3.8) is 0 Å². The number of benzene rings is 3. The minimum absolute atomic E-state index is 0.0864. The number of fused-ring (bicyclic) bond motifs is 1. The Morgan fingerprint density at radius 2 is 1.67 bits per heavy atom. The normalized spacial score (nSPS) is 12.1. The highest BCUT2D eigenvalue weighted by molar-refractivity contribution is 6.05. The Labute approximate surface area is 245 Å². The van der Waals surface area contributed by atoms with Gasteiger partial charge in [0.2, 0.25) is 0 Å². The van der Waals surface area contributed by atoms with Crippen molar-refractivity contribution >= 4 is 23.0 Å².